The van der Waals surface area contributed by atoms with Gasteiger partial charge >= 0.3 is 6.18 Å². The maximum Gasteiger partial charge on any atom is 0.433 e. The molecule has 2 aliphatic rings. The van der Waals surface area contributed by atoms with Crippen LogP contribution in [0, 0.1) is 0 Å². The molecule has 0 bridgehead atoms. The molecule has 2 saturated heterocycles. The molecule has 0 spiro atoms. The van der Waals surface area contributed by atoms with Gasteiger partial charge in [-0.25, -0.2) is 13.4 Å². The van der Waals surface area contributed by atoms with Crippen LogP contribution >= 0.6 is 11.6 Å². The van der Waals surface area contributed by atoms with Gasteiger partial charge in [0.25, 0.3) is 5.91 Å². The number of hydrogen-bond donors (Lipinski definition) is 1. The molecule has 3 aromatic carbocycles. The van der Waals surface area contributed by atoms with Crippen LogP contribution in [0.1, 0.15) is 52.9 Å². The first kappa shape index (κ1) is 36.5. The number of nitrogens with zero attached hydrogens (tertiary/aromatic N) is 4. The van der Waals surface area contributed by atoms with Crippen molar-refractivity contribution < 1.29 is 31.1 Å². The van der Waals surface area contributed by atoms with E-state index in [0.717, 1.165) is 69.1 Å². The number of piperazine rings is 1. The first-order valence-electron chi connectivity index (χ1n) is 16.8. The van der Waals surface area contributed by atoms with E-state index in [1.807, 2.05) is 18.2 Å². The van der Waals surface area contributed by atoms with Crippen LogP contribution < -0.4 is 14.4 Å². The number of likely N-dealkylation sites (tertiary alicyclic amines) is 1. The van der Waals surface area contributed by atoms with E-state index in [1.165, 1.54) is 6.07 Å². The van der Waals surface area contributed by atoms with Crippen molar-refractivity contribution in [2.45, 2.75) is 37.6 Å². The first-order valence-corrected chi connectivity index (χ1v) is 18.9. The number of pyridine rings is 1. The molecule has 2 fully saturated rings. The lowest BCUT2D eigenvalue weighted by molar-refractivity contribution is -0.141. The standard InChI is InChI=1S/C37H39ClF3N5O4S/c1-2-44-18-20-45(21-19-44)34-12-8-29(23-33(34)43-51(48,49)25-26-4-3-5-30(38)22-26)36(47)46-16-14-28(15-17-46)27-6-9-31(10-7-27)50-32-11-13-35(42-24-32)37(39,40)41/h3-13,22-24,28,43H,2,14-21,25H2,1H3. The average Bonchev–Trinajstić information content (AvgIpc) is 3.11. The van der Waals surface area contributed by atoms with E-state index in [9.17, 15) is 26.4 Å². The fourth-order valence-electron chi connectivity index (χ4n) is 6.53. The molecule has 4 aromatic rings. The zero-order valence-electron chi connectivity index (χ0n) is 28.1. The van der Waals surface area contributed by atoms with E-state index < -0.39 is 21.9 Å². The molecular formula is C37H39ClF3N5O4S. The Morgan fingerprint density at radius 3 is 2.25 bits per heavy atom. The van der Waals surface area contributed by atoms with Gasteiger partial charge in [0.15, 0.2) is 0 Å². The predicted molar refractivity (Wildman–Crippen MR) is 192 cm³/mol. The molecule has 0 unspecified atom stereocenters. The lowest BCUT2D eigenvalue weighted by atomic mass is 9.89. The molecule has 0 radical (unpaired) electrons. The lowest BCUT2D eigenvalue weighted by Crippen LogP contribution is -2.46. The highest BCUT2D eigenvalue weighted by Crippen LogP contribution is 2.34. The van der Waals surface area contributed by atoms with Gasteiger partial charge in [-0.3, -0.25) is 9.52 Å². The molecule has 1 N–H and O–H groups in total. The molecule has 0 atom stereocenters. The Kier molecular flexibility index (Phi) is 11.1. The minimum absolute atomic E-state index is 0.167. The molecule has 14 heteroatoms. The largest absolute Gasteiger partial charge is 0.456 e. The minimum atomic E-state index is -4.52. The normalized spacial score (nSPS) is 16.3. The molecule has 2 aliphatic heterocycles. The highest BCUT2D eigenvalue weighted by Gasteiger charge is 2.32. The Morgan fingerprint density at radius 2 is 1.63 bits per heavy atom. The van der Waals surface area contributed by atoms with Crippen molar-refractivity contribution in [1.82, 2.24) is 14.8 Å². The van der Waals surface area contributed by atoms with Crippen LogP contribution in [0.3, 0.4) is 0 Å². The van der Waals surface area contributed by atoms with Gasteiger partial charge in [0.2, 0.25) is 10.0 Å². The number of likely N-dealkylation sites (N-methyl/N-ethyl adjacent to an activating group) is 1. The van der Waals surface area contributed by atoms with Crippen LogP contribution in [0.4, 0.5) is 24.5 Å². The molecular weight excluding hydrogens is 703 g/mol. The van der Waals surface area contributed by atoms with Crippen LogP contribution in [-0.2, 0) is 22.0 Å². The van der Waals surface area contributed by atoms with E-state index in [0.29, 0.717) is 40.7 Å². The number of nitrogens with one attached hydrogen (secondary N) is 1. The zero-order chi connectivity index (χ0) is 36.2. The number of benzene rings is 3. The Balaban J connectivity index is 1.11. The summed E-state index contributed by atoms with van der Waals surface area (Å²) in [5.41, 5.74) is 2.16. The number of rotatable bonds is 10. The fourth-order valence-corrected chi connectivity index (χ4v) is 7.93. The number of carbonyl (C=O) groups excluding carboxylic acids is 1. The van der Waals surface area contributed by atoms with Crippen molar-refractivity contribution in [2.75, 3.05) is 55.4 Å². The first-order chi connectivity index (χ1) is 24.4. The van der Waals surface area contributed by atoms with Gasteiger partial charge in [-0.1, -0.05) is 42.8 Å². The van der Waals surface area contributed by atoms with E-state index >= 15 is 0 Å². The number of piperidine rings is 1. The van der Waals surface area contributed by atoms with Crippen LogP contribution in [0.5, 0.6) is 11.5 Å². The third kappa shape index (κ3) is 9.32. The van der Waals surface area contributed by atoms with E-state index in [-0.39, 0.29) is 23.3 Å². The van der Waals surface area contributed by atoms with Gasteiger partial charge < -0.3 is 19.4 Å². The Labute approximate surface area is 301 Å². The minimum Gasteiger partial charge on any atom is -0.456 e. The Bertz CT molecular complexity index is 1930. The maximum atomic E-state index is 13.8. The Hall–Kier alpha value is -4.33. The van der Waals surface area contributed by atoms with Crippen molar-refractivity contribution in [3.63, 3.8) is 0 Å². The summed E-state index contributed by atoms with van der Waals surface area (Å²) in [6, 6.07) is 21.5. The Morgan fingerprint density at radius 1 is 0.922 bits per heavy atom. The summed E-state index contributed by atoms with van der Waals surface area (Å²) in [7, 11) is -3.84. The van der Waals surface area contributed by atoms with Crippen LogP contribution in [0.2, 0.25) is 5.02 Å². The van der Waals surface area contributed by atoms with Gasteiger partial charge in [-0.05, 0) is 91.0 Å². The topological polar surface area (TPSA) is 95.1 Å². The number of hydrogen-bond acceptors (Lipinski definition) is 7. The number of halogens is 4. The zero-order valence-corrected chi connectivity index (χ0v) is 29.6. The molecule has 3 heterocycles. The van der Waals surface area contributed by atoms with Crippen molar-refractivity contribution in [2.24, 2.45) is 0 Å². The van der Waals surface area contributed by atoms with Gasteiger partial charge in [-0.15, -0.1) is 0 Å². The third-order valence-corrected chi connectivity index (χ3v) is 10.8. The summed E-state index contributed by atoms with van der Waals surface area (Å²) in [5, 5.41) is 0.453. The van der Waals surface area contributed by atoms with Crippen LogP contribution in [0.15, 0.2) is 85.1 Å². The third-order valence-electron chi connectivity index (χ3n) is 9.31. The highest BCUT2D eigenvalue weighted by atomic mass is 35.5. The molecule has 51 heavy (non-hydrogen) atoms. The number of alkyl halides is 3. The molecule has 9 nitrogen and oxygen atoms in total. The van der Waals surface area contributed by atoms with E-state index in [4.69, 9.17) is 16.3 Å². The molecule has 0 saturated carbocycles. The quantitative estimate of drug-likeness (QED) is 0.179. The molecule has 1 aromatic heterocycles. The highest BCUT2D eigenvalue weighted by molar-refractivity contribution is 7.91. The number of amides is 1. The number of carbonyl (C=O) groups is 1. The predicted octanol–water partition coefficient (Wildman–Crippen LogP) is 7.65. The van der Waals surface area contributed by atoms with Gasteiger partial charge in [0, 0.05) is 49.9 Å². The summed E-state index contributed by atoms with van der Waals surface area (Å²) in [4.78, 5) is 23.5. The van der Waals surface area contributed by atoms with Crippen LogP contribution in [-0.4, -0.2) is 74.9 Å². The summed E-state index contributed by atoms with van der Waals surface area (Å²) in [6.07, 6.45) is -2.01. The van der Waals surface area contributed by atoms with Gasteiger partial charge in [0.05, 0.1) is 23.3 Å². The average molecular weight is 742 g/mol. The summed E-state index contributed by atoms with van der Waals surface area (Å²) in [6.45, 7) is 7.28. The smallest absolute Gasteiger partial charge is 0.433 e. The lowest BCUT2D eigenvalue weighted by Gasteiger charge is -2.36. The number of aromatic nitrogens is 1. The molecule has 1 amide bonds. The van der Waals surface area contributed by atoms with Crippen molar-refractivity contribution in [3.8, 4) is 11.5 Å². The number of sulfonamides is 1. The molecule has 270 valence electrons. The summed E-state index contributed by atoms with van der Waals surface area (Å²) >= 11 is 6.10. The van der Waals surface area contributed by atoms with E-state index in [2.05, 4.69) is 26.4 Å². The summed E-state index contributed by atoms with van der Waals surface area (Å²) in [5.74, 6) is 0.449. The number of ether oxygens (including phenoxy) is 1. The monoisotopic (exact) mass is 741 g/mol. The molecule has 6 rings (SSSR count). The van der Waals surface area contributed by atoms with Crippen molar-refractivity contribution in [1.29, 1.82) is 0 Å². The van der Waals surface area contributed by atoms with Crippen molar-refractivity contribution >= 4 is 38.9 Å². The second-order valence-electron chi connectivity index (χ2n) is 12.8. The maximum absolute atomic E-state index is 13.8. The molecule has 0 aliphatic carbocycles. The van der Waals surface area contributed by atoms with E-state index in [1.54, 1.807) is 53.4 Å². The number of anilines is 2. The second kappa shape index (κ2) is 15.5. The summed E-state index contributed by atoms with van der Waals surface area (Å²) < 4.78 is 73.7. The van der Waals surface area contributed by atoms with Gasteiger partial charge in [-0.2, -0.15) is 13.2 Å². The fraction of sp³-hybridized carbons (Fsp3) is 0.351. The second-order valence-corrected chi connectivity index (χ2v) is 14.9. The SMILES string of the molecule is CCN1CCN(c2ccc(C(=O)N3CCC(c4ccc(Oc5ccc(C(F)(F)F)nc5)cc4)CC3)cc2NS(=O)(=O)Cc2cccc(Cl)c2)CC1. The van der Waals surface area contributed by atoms with Crippen LogP contribution in [0.25, 0.3) is 0 Å². The van der Waals surface area contributed by atoms with Crippen molar-refractivity contribution in [3.05, 3.63) is 112 Å². The van der Waals surface area contributed by atoms with Gasteiger partial charge in [0.1, 0.15) is 17.2 Å².